The maximum absolute atomic E-state index is 5.13. The van der Waals surface area contributed by atoms with E-state index in [0.717, 1.165) is 5.69 Å². The Kier molecular flexibility index (Phi) is 7.23. The molecule has 0 fully saturated rings. The van der Waals surface area contributed by atoms with E-state index in [1.54, 1.807) is 13.8 Å². The van der Waals surface area contributed by atoms with Gasteiger partial charge < -0.3 is 5.32 Å². The predicted molar refractivity (Wildman–Crippen MR) is 95.1 cm³/mol. The lowest BCUT2D eigenvalue weighted by molar-refractivity contribution is 0.926. The van der Waals surface area contributed by atoms with Gasteiger partial charge in [-0.15, -0.1) is 0 Å². The fourth-order valence-corrected chi connectivity index (χ4v) is 1.35. The third-order valence-electron chi connectivity index (χ3n) is 2.34. The highest BCUT2D eigenvalue weighted by atomic mass is 32.1. The van der Waals surface area contributed by atoms with E-state index >= 15 is 0 Å². The van der Waals surface area contributed by atoms with Crippen LogP contribution in [-0.2, 0) is 0 Å². The van der Waals surface area contributed by atoms with E-state index < -0.39 is 0 Å². The van der Waals surface area contributed by atoms with Crippen LogP contribution in [0.3, 0.4) is 0 Å². The topological polar surface area (TPSA) is 98.9 Å². The van der Waals surface area contributed by atoms with Gasteiger partial charge in [-0.2, -0.15) is 10.2 Å². The number of nitrogens with zero attached hydrogens (tertiary/aromatic N) is 2. The van der Waals surface area contributed by atoms with Gasteiger partial charge in [-0.05, 0) is 50.4 Å². The molecule has 0 aromatic heterocycles. The van der Waals surface area contributed by atoms with Crippen molar-refractivity contribution in [3.63, 3.8) is 0 Å². The number of rotatable bonds is 4. The van der Waals surface area contributed by atoms with Gasteiger partial charge in [0.1, 0.15) is 0 Å². The van der Waals surface area contributed by atoms with E-state index in [1.807, 2.05) is 30.3 Å². The number of nitrogens with one attached hydrogen (secondary N) is 4. The fraction of sp³-hybridized carbons (Fsp3) is 0.167. The largest absolute Gasteiger partial charge is 0.331 e. The van der Waals surface area contributed by atoms with Crippen LogP contribution in [-0.4, -0.2) is 21.6 Å². The molecule has 0 aliphatic carbocycles. The number of para-hydroxylation sites is 1. The molecular weight excluding hydrogens is 306 g/mol. The summed E-state index contributed by atoms with van der Waals surface area (Å²) in [5, 5.41) is 11.7. The molecule has 9 heteroatoms. The SMILES string of the molecule is CC(=N\NC(=S)NN)/C(C)=N/NC(=S)Nc1ccccc1. The third-order valence-corrected chi connectivity index (χ3v) is 2.74. The maximum atomic E-state index is 5.13. The molecule has 0 amide bonds. The Labute approximate surface area is 134 Å². The van der Waals surface area contributed by atoms with Crippen molar-refractivity contribution in [1.29, 1.82) is 0 Å². The summed E-state index contributed by atoms with van der Waals surface area (Å²) in [5.41, 5.74) is 9.75. The molecule has 0 saturated carbocycles. The van der Waals surface area contributed by atoms with Crippen LogP contribution in [0, 0.1) is 0 Å². The zero-order valence-corrected chi connectivity index (χ0v) is 13.3. The van der Waals surface area contributed by atoms with E-state index in [1.165, 1.54) is 0 Å². The minimum absolute atomic E-state index is 0.219. The Morgan fingerprint density at radius 1 is 0.952 bits per heavy atom. The second-order valence-corrected chi connectivity index (χ2v) is 4.73. The summed E-state index contributed by atoms with van der Waals surface area (Å²) in [7, 11) is 0. The number of anilines is 1. The van der Waals surface area contributed by atoms with Crippen LogP contribution < -0.4 is 27.4 Å². The average molecular weight is 323 g/mol. The van der Waals surface area contributed by atoms with E-state index in [4.69, 9.17) is 30.3 Å². The minimum Gasteiger partial charge on any atom is -0.331 e. The second-order valence-electron chi connectivity index (χ2n) is 3.91. The summed E-state index contributed by atoms with van der Waals surface area (Å²) in [6, 6.07) is 9.56. The summed E-state index contributed by atoms with van der Waals surface area (Å²) >= 11 is 9.93. The number of nitrogens with two attached hydrogens (primary N) is 1. The molecule has 1 aromatic rings. The Morgan fingerprint density at radius 3 is 2.00 bits per heavy atom. The lowest BCUT2D eigenvalue weighted by atomic mass is 10.3. The molecular formula is C12H17N7S2. The van der Waals surface area contributed by atoms with Crippen molar-refractivity contribution in [2.75, 3.05) is 5.32 Å². The first-order valence-corrected chi connectivity index (χ1v) is 6.82. The zero-order valence-electron chi connectivity index (χ0n) is 11.7. The molecule has 112 valence electrons. The Bertz CT molecular complexity index is 554. The average Bonchev–Trinajstić information content (AvgIpc) is 2.50. The molecule has 0 atom stereocenters. The summed E-state index contributed by atoms with van der Waals surface area (Å²) in [6.07, 6.45) is 0. The molecule has 0 heterocycles. The molecule has 1 aromatic carbocycles. The third kappa shape index (κ3) is 6.75. The first-order chi connectivity index (χ1) is 10.0. The highest BCUT2D eigenvalue weighted by Crippen LogP contribution is 2.04. The number of hydrazone groups is 2. The van der Waals surface area contributed by atoms with Crippen molar-refractivity contribution < 1.29 is 0 Å². The van der Waals surface area contributed by atoms with Crippen LogP contribution in [0.2, 0.25) is 0 Å². The van der Waals surface area contributed by atoms with E-state index in [-0.39, 0.29) is 5.11 Å². The van der Waals surface area contributed by atoms with Crippen molar-refractivity contribution >= 4 is 51.8 Å². The van der Waals surface area contributed by atoms with E-state index in [0.29, 0.717) is 16.5 Å². The van der Waals surface area contributed by atoms with E-state index in [9.17, 15) is 0 Å². The predicted octanol–water partition coefficient (Wildman–Crippen LogP) is 1.06. The number of hydrogen-bond donors (Lipinski definition) is 5. The van der Waals surface area contributed by atoms with Crippen molar-refractivity contribution in [3.8, 4) is 0 Å². The first-order valence-electron chi connectivity index (χ1n) is 6.00. The van der Waals surface area contributed by atoms with Gasteiger partial charge in [-0.25, -0.2) is 5.84 Å². The van der Waals surface area contributed by atoms with Crippen molar-refractivity contribution in [3.05, 3.63) is 30.3 Å². The molecule has 6 N–H and O–H groups in total. The number of hydrazine groups is 1. The normalized spacial score (nSPS) is 11.6. The van der Waals surface area contributed by atoms with Gasteiger partial charge in [0.05, 0.1) is 11.4 Å². The molecule has 0 spiro atoms. The van der Waals surface area contributed by atoms with Crippen LogP contribution in [0.5, 0.6) is 0 Å². The van der Waals surface area contributed by atoms with Gasteiger partial charge in [-0.1, -0.05) is 18.2 Å². The molecule has 0 radical (unpaired) electrons. The Hall–Kier alpha value is -2.10. The van der Waals surface area contributed by atoms with Gasteiger partial charge in [0.15, 0.2) is 5.11 Å². The highest BCUT2D eigenvalue weighted by Gasteiger charge is 1.99. The van der Waals surface area contributed by atoms with Crippen LogP contribution >= 0.6 is 24.4 Å². The summed E-state index contributed by atoms with van der Waals surface area (Å²) < 4.78 is 0. The highest BCUT2D eigenvalue weighted by molar-refractivity contribution is 7.80. The standard InChI is InChI=1S/C12H17N7S2/c1-8(9(2)17-19-12(21)15-13)16-18-11(20)14-10-6-4-3-5-7-10/h3-7H,13H2,1-2H3,(H2,14,18,20)(H2,15,19,21)/b16-8+,17-9+. The lowest BCUT2D eigenvalue weighted by Gasteiger charge is -2.08. The minimum atomic E-state index is 0.219. The molecule has 7 nitrogen and oxygen atoms in total. The van der Waals surface area contributed by atoms with Gasteiger partial charge in [0.2, 0.25) is 5.11 Å². The fourth-order valence-electron chi connectivity index (χ4n) is 1.14. The number of benzene rings is 1. The van der Waals surface area contributed by atoms with Gasteiger partial charge in [0.25, 0.3) is 0 Å². The van der Waals surface area contributed by atoms with E-state index in [2.05, 4.69) is 31.8 Å². The van der Waals surface area contributed by atoms with Gasteiger partial charge in [0, 0.05) is 5.69 Å². The lowest BCUT2D eigenvalue weighted by Crippen LogP contribution is -2.37. The van der Waals surface area contributed by atoms with Crippen LogP contribution in [0.1, 0.15) is 13.8 Å². The zero-order chi connectivity index (χ0) is 15.7. The summed E-state index contributed by atoms with van der Waals surface area (Å²) in [4.78, 5) is 0. The van der Waals surface area contributed by atoms with Gasteiger partial charge >= 0.3 is 0 Å². The van der Waals surface area contributed by atoms with Crippen LogP contribution in [0.25, 0.3) is 0 Å². The molecule has 21 heavy (non-hydrogen) atoms. The Morgan fingerprint density at radius 2 is 1.48 bits per heavy atom. The summed E-state index contributed by atoms with van der Waals surface area (Å²) in [5.74, 6) is 5.12. The smallest absolute Gasteiger partial charge is 0.201 e. The van der Waals surface area contributed by atoms with Crippen molar-refractivity contribution in [2.24, 2.45) is 16.0 Å². The quantitative estimate of drug-likeness (QED) is 0.245. The Balaban J connectivity index is 2.51. The molecule has 0 aliphatic rings. The molecule has 0 unspecified atom stereocenters. The number of thiocarbonyl (C=S) groups is 2. The maximum Gasteiger partial charge on any atom is 0.201 e. The van der Waals surface area contributed by atoms with Crippen molar-refractivity contribution in [1.82, 2.24) is 16.3 Å². The monoisotopic (exact) mass is 323 g/mol. The molecule has 0 aliphatic heterocycles. The summed E-state index contributed by atoms with van der Waals surface area (Å²) in [6.45, 7) is 3.57. The molecule has 0 bridgehead atoms. The van der Waals surface area contributed by atoms with Crippen LogP contribution in [0.4, 0.5) is 5.69 Å². The number of hydrogen-bond acceptors (Lipinski definition) is 5. The van der Waals surface area contributed by atoms with Crippen molar-refractivity contribution in [2.45, 2.75) is 13.8 Å². The van der Waals surface area contributed by atoms with Crippen LogP contribution in [0.15, 0.2) is 40.5 Å². The molecule has 0 saturated heterocycles. The first kappa shape index (κ1) is 17.0. The van der Waals surface area contributed by atoms with Gasteiger partial charge in [-0.3, -0.25) is 16.3 Å². The second kappa shape index (κ2) is 8.95. The molecule has 1 rings (SSSR count).